The third-order valence-corrected chi connectivity index (χ3v) is 17.1. The van der Waals surface area contributed by atoms with Crippen LogP contribution in [0.1, 0.15) is 13.3 Å². The molecule has 39 nitrogen and oxygen atoms in total. The highest BCUT2D eigenvalue weighted by atomic mass is 16.8. The second-order valence-corrected chi connectivity index (χ2v) is 22.7. The molecule has 0 saturated carbocycles. The van der Waals surface area contributed by atoms with Crippen LogP contribution in [-0.2, 0) is 75.8 Å². The van der Waals surface area contributed by atoms with Gasteiger partial charge in [-0.3, -0.25) is 0 Å². The Bertz CT molecular complexity index is 1700. The Morgan fingerprint density at radius 2 is 0.284 bits per heavy atom. The normalized spacial score (nSPS) is 55.4. The van der Waals surface area contributed by atoms with Gasteiger partial charge in [0.1, 0.15) is 189 Å². The molecule has 16 unspecified atom stereocenters. The van der Waals surface area contributed by atoms with E-state index in [1.54, 1.807) is 0 Å². The van der Waals surface area contributed by atoms with Crippen LogP contribution in [0.3, 0.4) is 0 Å². The van der Waals surface area contributed by atoms with Gasteiger partial charge in [-0.1, -0.05) is 6.92 Å². The van der Waals surface area contributed by atoms with Crippen LogP contribution in [-0.4, -0.2) is 409 Å². The van der Waals surface area contributed by atoms with Crippen molar-refractivity contribution < 1.29 is 193 Å². The first-order valence-electron chi connectivity index (χ1n) is 28.5. The highest BCUT2D eigenvalue weighted by Crippen LogP contribution is 2.40. The van der Waals surface area contributed by atoms with Crippen LogP contribution in [0.15, 0.2) is 0 Å². The summed E-state index contributed by atoms with van der Waals surface area (Å²) in [6.07, 6.45) is -79.8. The van der Waals surface area contributed by atoms with Gasteiger partial charge in [-0.2, -0.15) is 0 Å². The lowest BCUT2D eigenvalue weighted by Crippen LogP contribution is -2.69. The summed E-state index contributed by atoms with van der Waals surface area (Å²) in [4.78, 5) is 0. The minimum atomic E-state index is -2.24. The Morgan fingerprint density at radius 1 is 0.170 bits per heavy atom. The van der Waals surface area contributed by atoms with Crippen molar-refractivity contribution in [2.75, 3.05) is 46.2 Å². The second-order valence-electron chi connectivity index (χ2n) is 22.7. The van der Waals surface area contributed by atoms with Crippen molar-refractivity contribution in [1.82, 2.24) is 0 Å². The lowest BCUT2D eigenvalue weighted by Gasteiger charge is -2.50. The second kappa shape index (κ2) is 30.0. The Kier molecular flexibility index (Phi) is 24.1. The zero-order chi connectivity index (χ0) is 64.1. The standard InChI is InChI=1S/C49H82O39/c1-2-10-34-18(57)26(65)42(73-10)82-35-11(3-50)75-44(28(67)20(35)59)84-37-13(5-52)77-46(30(69)22(37)61)86-39-15(7-54)79-48(32(71)24(39)63)88-41-17(9-56)80-49(33(72)25(41)64)87-40-16(8-55)78-47(31(70)23(40)62)85-38-14(6-53)76-45(29(68)21(38)60)83-36-12(4-51)74-43(81-34)27(66)19(36)58/h10-72H,2-9H2,1H3/t10?,11?,12?,13?,14?,15?,16?,17?,18-,19-,20-,21-,22-,23-,24-,25-,26?,27?,28?,29?,30?,31?,32?,33?,34-,35-,36-,37-,38-,39-,40-,41-,42-,43-,44+,45-,46-,47-,48-,49-/m1/s1. The fourth-order valence-electron chi connectivity index (χ4n) is 12.1. The summed E-state index contributed by atoms with van der Waals surface area (Å²) in [6, 6.07) is 0. The summed E-state index contributed by atoms with van der Waals surface area (Å²) in [6.45, 7) is -5.88. The Morgan fingerprint density at radius 3 is 0.398 bits per heavy atom. The molecule has 512 valence electrons. The first-order chi connectivity index (χ1) is 41.9. The van der Waals surface area contributed by atoms with Crippen LogP contribution >= 0.6 is 0 Å². The lowest BCUT2D eigenvalue weighted by atomic mass is 9.94. The van der Waals surface area contributed by atoms with E-state index in [0.717, 1.165) is 0 Å². The van der Waals surface area contributed by atoms with E-state index in [0.29, 0.717) is 0 Å². The Hall–Kier alpha value is -1.56. The van der Waals surface area contributed by atoms with Crippen LogP contribution in [0, 0.1) is 0 Å². The van der Waals surface area contributed by atoms with Crippen LogP contribution in [0.2, 0.25) is 0 Å². The quantitative estimate of drug-likeness (QED) is 0.107. The summed E-state index contributed by atoms with van der Waals surface area (Å²) in [5.41, 5.74) is 0. The fraction of sp³-hybridized carbons (Fsp3) is 1.00. The number of hydrogen-bond donors (Lipinski definition) is 23. The zero-order valence-corrected chi connectivity index (χ0v) is 46.6. The van der Waals surface area contributed by atoms with E-state index in [-0.39, 0.29) is 6.42 Å². The van der Waals surface area contributed by atoms with Crippen LogP contribution in [0.5, 0.6) is 0 Å². The summed E-state index contributed by atoms with van der Waals surface area (Å²) in [7, 11) is 0. The summed E-state index contributed by atoms with van der Waals surface area (Å²) in [5, 5.41) is 255. The molecule has 30 fully saturated rings. The largest absolute Gasteiger partial charge is 0.394 e. The molecular weight excluding hydrogens is 1210 g/mol. The molecule has 0 spiro atoms. The van der Waals surface area contributed by atoms with E-state index < -0.39 is 292 Å². The molecular formula is C49H82O39. The summed E-state index contributed by atoms with van der Waals surface area (Å²) < 4.78 is 91.9. The number of rotatable bonds is 8. The molecule has 30 aliphatic heterocycles. The third-order valence-electron chi connectivity index (χ3n) is 17.1. The van der Waals surface area contributed by atoms with Gasteiger partial charge in [0.25, 0.3) is 0 Å². The average Bonchev–Trinajstić information content (AvgIpc) is 0.985. The molecule has 0 radical (unpaired) electrons. The molecule has 88 heavy (non-hydrogen) atoms. The van der Waals surface area contributed by atoms with Gasteiger partial charge in [-0.05, 0) is 6.42 Å². The summed E-state index contributed by atoms with van der Waals surface area (Å²) >= 11 is 0. The van der Waals surface area contributed by atoms with Gasteiger partial charge >= 0.3 is 0 Å². The van der Waals surface area contributed by atoms with E-state index in [2.05, 4.69) is 0 Å². The minimum absolute atomic E-state index is 0.0801. The molecule has 40 atom stereocenters. The number of hydrogen-bond acceptors (Lipinski definition) is 39. The fourth-order valence-corrected chi connectivity index (χ4v) is 12.1. The van der Waals surface area contributed by atoms with E-state index >= 15 is 0 Å². The van der Waals surface area contributed by atoms with Crippen molar-refractivity contribution in [2.45, 2.75) is 259 Å². The molecule has 23 N–H and O–H groups in total. The predicted molar refractivity (Wildman–Crippen MR) is 264 cm³/mol. The zero-order valence-electron chi connectivity index (χ0n) is 46.6. The molecule has 30 rings (SSSR count). The summed E-state index contributed by atoms with van der Waals surface area (Å²) in [5.74, 6) is 0. The first-order valence-corrected chi connectivity index (χ1v) is 28.5. The minimum Gasteiger partial charge on any atom is -0.394 e. The van der Waals surface area contributed by atoms with Crippen molar-refractivity contribution in [3.63, 3.8) is 0 Å². The van der Waals surface area contributed by atoms with Crippen molar-refractivity contribution in [3.8, 4) is 0 Å². The molecule has 39 heteroatoms. The molecule has 0 aromatic heterocycles. The molecule has 0 aliphatic carbocycles. The number of ether oxygens (including phenoxy) is 16. The molecule has 0 aromatic carbocycles. The molecule has 30 saturated heterocycles. The van der Waals surface area contributed by atoms with Gasteiger partial charge in [0.15, 0.2) is 50.3 Å². The van der Waals surface area contributed by atoms with E-state index in [1.165, 1.54) is 6.92 Å². The maximum Gasteiger partial charge on any atom is 0.187 e. The smallest absolute Gasteiger partial charge is 0.187 e. The van der Waals surface area contributed by atoms with E-state index in [1.807, 2.05) is 0 Å². The van der Waals surface area contributed by atoms with Crippen molar-refractivity contribution in [1.29, 1.82) is 0 Å². The molecule has 16 bridgehead atoms. The molecule has 0 aromatic rings. The van der Waals surface area contributed by atoms with Gasteiger partial charge in [0.2, 0.25) is 0 Å². The lowest BCUT2D eigenvalue weighted by molar-refractivity contribution is -0.403. The molecule has 30 aliphatic rings. The van der Waals surface area contributed by atoms with E-state index in [9.17, 15) is 117 Å². The molecule has 0 amide bonds. The highest BCUT2D eigenvalue weighted by Gasteiger charge is 2.60. The van der Waals surface area contributed by atoms with Gasteiger partial charge in [-0.25, -0.2) is 0 Å². The SMILES string of the molecule is CCC1O[C@@H]2O[C@@H]3C(CO)O[C@@H](O[C@@H]4C(CO)O[C@H](O[C@@H]5C(CO)O[C@H](O[C@@H]6C(CO)O[C@H](O[C@@H]7C(CO)O[C@H](O[C@@H]8C(CO)O[C@H](O[C@@H]9C(CO)O[C@H](O[C@H]1[C@H](O)C2O)C(O)[C@H]9O)C(O)[C@H]8O)C(O)[C@H]7O)C(O)[C@H]6O)C(O)[C@H]5O)C(O)[C@H]4O)C(O)[C@H]3O. The number of aliphatic hydroxyl groups is 23. The molecule has 30 heterocycles. The van der Waals surface area contributed by atoms with Crippen LogP contribution in [0.4, 0.5) is 0 Å². The van der Waals surface area contributed by atoms with Crippen molar-refractivity contribution >= 4 is 0 Å². The monoisotopic (exact) mass is 1290 g/mol. The number of aliphatic hydroxyl groups excluding tert-OH is 23. The Labute approximate surface area is 497 Å². The van der Waals surface area contributed by atoms with Gasteiger partial charge in [-0.15, -0.1) is 0 Å². The predicted octanol–water partition coefficient (Wildman–Crippen LogP) is -16.0. The van der Waals surface area contributed by atoms with Gasteiger partial charge in [0.05, 0.1) is 52.4 Å². The highest BCUT2D eigenvalue weighted by molar-refractivity contribution is 5.02. The topological polar surface area (TPSA) is 613 Å². The van der Waals surface area contributed by atoms with Gasteiger partial charge < -0.3 is 193 Å². The van der Waals surface area contributed by atoms with Gasteiger partial charge in [0, 0.05) is 0 Å². The van der Waals surface area contributed by atoms with E-state index in [4.69, 9.17) is 75.8 Å². The Balaban J connectivity index is 0.975. The van der Waals surface area contributed by atoms with Crippen molar-refractivity contribution in [3.05, 3.63) is 0 Å². The average molecular weight is 1300 g/mol. The maximum atomic E-state index is 11.5. The van der Waals surface area contributed by atoms with Crippen molar-refractivity contribution in [2.24, 2.45) is 0 Å². The van der Waals surface area contributed by atoms with Crippen LogP contribution in [0.25, 0.3) is 0 Å². The third kappa shape index (κ3) is 13.8. The maximum absolute atomic E-state index is 11.5. The first kappa shape index (κ1) is 70.7. The van der Waals surface area contributed by atoms with Crippen LogP contribution < -0.4 is 0 Å².